The first-order chi connectivity index (χ1) is 14.4. The molecule has 1 aromatic carbocycles. The molecule has 0 saturated carbocycles. The monoisotopic (exact) mass is 405 g/mol. The van der Waals surface area contributed by atoms with Crippen molar-refractivity contribution in [2.45, 2.75) is 39.8 Å². The summed E-state index contributed by atoms with van der Waals surface area (Å²) < 4.78 is 6.14. The predicted molar refractivity (Wildman–Crippen MR) is 126 cm³/mol. The van der Waals surface area contributed by atoms with Crippen LogP contribution in [0.5, 0.6) is 0 Å². The molecule has 0 fully saturated rings. The number of aliphatic imine (C=N–C) groups is 1. The fourth-order valence-electron chi connectivity index (χ4n) is 3.43. The van der Waals surface area contributed by atoms with E-state index in [-0.39, 0.29) is 12.1 Å². The Morgan fingerprint density at radius 3 is 2.70 bits per heavy atom. The number of nitrogens with zero attached hydrogens (tertiary/aromatic N) is 2. The molecule has 30 heavy (non-hydrogen) atoms. The van der Waals surface area contributed by atoms with Crippen molar-refractivity contribution in [1.29, 1.82) is 0 Å². The zero-order valence-electron chi connectivity index (χ0n) is 18.4. The number of allylic oxidation sites excluding steroid dienone is 2. The predicted octanol–water partition coefficient (Wildman–Crippen LogP) is 4.12. The average molecular weight is 406 g/mol. The minimum absolute atomic E-state index is 0.0964. The van der Waals surface area contributed by atoms with Gasteiger partial charge in [0.05, 0.1) is 23.7 Å². The van der Waals surface area contributed by atoms with Crippen molar-refractivity contribution < 1.29 is 4.74 Å². The summed E-state index contributed by atoms with van der Waals surface area (Å²) >= 11 is 0. The standard InChI is InChI=1S/C24H31N5O/c1-15(2)27-17(4)24-23(21(12-13-25-6)18(5)30-24)28-20-9-7-19(8-10-20)22-16(3)11-14-26-29-22/h7-13,15,18,26-28H,4,14H2,1-3,5-6H3/b21-12+,25-13?. The first kappa shape index (κ1) is 21.4. The van der Waals surface area contributed by atoms with E-state index >= 15 is 0 Å². The van der Waals surface area contributed by atoms with E-state index < -0.39 is 0 Å². The highest BCUT2D eigenvalue weighted by molar-refractivity contribution is 6.12. The second kappa shape index (κ2) is 9.48. The fraction of sp³-hybridized carbons (Fsp3) is 0.333. The molecule has 1 unspecified atom stereocenters. The number of hydrogen-bond donors (Lipinski definition) is 3. The second-order valence-electron chi connectivity index (χ2n) is 7.68. The van der Waals surface area contributed by atoms with Gasteiger partial charge in [0.15, 0.2) is 5.76 Å². The van der Waals surface area contributed by atoms with Crippen molar-refractivity contribution >= 4 is 17.6 Å². The van der Waals surface area contributed by atoms with Crippen LogP contribution in [-0.4, -0.2) is 37.7 Å². The van der Waals surface area contributed by atoms with Crippen molar-refractivity contribution in [2.24, 2.45) is 10.1 Å². The summed E-state index contributed by atoms with van der Waals surface area (Å²) in [4.78, 5) is 4.09. The van der Waals surface area contributed by atoms with Crippen LogP contribution in [0, 0.1) is 0 Å². The maximum Gasteiger partial charge on any atom is 0.166 e. The Balaban J connectivity index is 1.90. The van der Waals surface area contributed by atoms with Gasteiger partial charge in [0.1, 0.15) is 6.10 Å². The third kappa shape index (κ3) is 4.82. The Hall–Kier alpha value is -3.28. The lowest BCUT2D eigenvalue weighted by Gasteiger charge is -2.16. The molecular formula is C24H31N5O. The van der Waals surface area contributed by atoms with Crippen molar-refractivity contribution in [2.75, 3.05) is 18.9 Å². The minimum atomic E-state index is -0.0964. The van der Waals surface area contributed by atoms with Gasteiger partial charge in [0, 0.05) is 36.1 Å². The van der Waals surface area contributed by atoms with E-state index in [0.717, 1.165) is 46.2 Å². The first-order valence-corrected chi connectivity index (χ1v) is 10.2. The quantitative estimate of drug-likeness (QED) is 0.597. The maximum absolute atomic E-state index is 6.14. The number of ether oxygens (including phenoxy) is 1. The topological polar surface area (TPSA) is 70.0 Å². The second-order valence-corrected chi connectivity index (χ2v) is 7.68. The van der Waals surface area contributed by atoms with Crippen molar-refractivity contribution in [3.63, 3.8) is 0 Å². The summed E-state index contributed by atoms with van der Waals surface area (Å²) in [6.07, 6.45) is 5.81. The van der Waals surface area contributed by atoms with Crippen LogP contribution in [0.2, 0.25) is 0 Å². The molecule has 0 saturated heterocycles. The van der Waals surface area contributed by atoms with E-state index in [2.05, 4.69) is 83.8 Å². The zero-order valence-corrected chi connectivity index (χ0v) is 18.4. The van der Waals surface area contributed by atoms with E-state index in [1.54, 1.807) is 13.3 Å². The molecule has 6 nitrogen and oxygen atoms in total. The van der Waals surface area contributed by atoms with Crippen LogP contribution >= 0.6 is 0 Å². The molecule has 1 aromatic rings. The minimum Gasteiger partial charge on any atom is -0.482 e. The summed E-state index contributed by atoms with van der Waals surface area (Å²) in [5.74, 6) is 0.732. The third-order valence-corrected chi connectivity index (χ3v) is 4.88. The summed E-state index contributed by atoms with van der Waals surface area (Å²) in [6.45, 7) is 13.2. The van der Waals surface area contributed by atoms with Crippen LogP contribution in [0.3, 0.4) is 0 Å². The highest BCUT2D eigenvalue weighted by Crippen LogP contribution is 2.34. The van der Waals surface area contributed by atoms with Gasteiger partial charge in [0.25, 0.3) is 0 Å². The van der Waals surface area contributed by atoms with Gasteiger partial charge < -0.3 is 20.8 Å². The molecular weight excluding hydrogens is 374 g/mol. The Morgan fingerprint density at radius 1 is 1.33 bits per heavy atom. The van der Waals surface area contributed by atoms with Gasteiger partial charge in [-0.2, -0.15) is 5.10 Å². The van der Waals surface area contributed by atoms with Crippen LogP contribution in [0.1, 0.15) is 33.3 Å². The largest absolute Gasteiger partial charge is 0.482 e. The first-order valence-electron chi connectivity index (χ1n) is 10.2. The van der Waals surface area contributed by atoms with Crippen molar-refractivity contribution in [3.8, 4) is 0 Å². The molecule has 6 heteroatoms. The van der Waals surface area contributed by atoms with Gasteiger partial charge in [-0.3, -0.25) is 4.99 Å². The van der Waals surface area contributed by atoms with Crippen molar-refractivity contribution in [3.05, 3.63) is 76.9 Å². The van der Waals surface area contributed by atoms with E-state index in [4.69, 9.17) is 4.74 Å². The van der Waals surface area contributed by atoms with Gasteiger partial charge in [-0.25, -0.2) is 0 Å². The van der Waals surface area contributed by atoms with Gasteiger partial charge in [0.2, 0.25) is 0 Å². The smallest absolute Gasteiger partial charge is 0.166 e. The summed E-state index contributed by atoms with van der Waals surface area (Å²) in [6, 6.07) is 8.51. The number of hydrogen-bond acceptors (Lipinski definition) is 6. The van der Waals surface area contributed by atoms with Gasteiger partial charge in [-0.05, 0) is 51.5 Å². The number of benzene rings is 1. The molecule has 0 radical (unpaired) electrons. The third-order valence-electron chi connectivity index (χ3n) is 4.88. The van der Waals surface area contributed by atoms with Gasteiger partial charge in [-0.1, -0.05) is 24.8 Å². The van der Waals surface area contributed by atoms with E-state index in [1.165, 1.54) is 5.57 Å². The van der Waals surface area contributed by atoms with Crippen molar-refractivity contribution in [1.82, 2.24) is 10.7 Å². The highest BCUT2D eigenvalue weighted by atomic mass is 16.5. The van der Waals surface area contributed by atoms with Crippen LogP contribution < -0.4 is 16.1 Å². The Kier molecular flexibility index (Phi) is 6.77. The molecule has 1 atom stereocenters. The Bertz CT molecular complexity index is 948. The van der Waals surface area contributed by atoms with Crippen LogP contribution in [0.4, 0.5) is 5.69 Å². The average Bonchev–Trinajstić information content (AvgIpc) is 3.02. The van der Waals surface area contributed by atoms with E-state index in [1.807, 2.05) is 13.0 Å². The Morgan fingerprint density at radius 2 is 2.07 bits per heavy atom. The summed E-state index contributed by atoms with van der Waals surface area (Å²) in [5, 5.41) is 11.3. The normalized spacial score (nSPS) is 20.2. The SMILES string of the molecule is C=C(NC(C)C)C1=C(Nc2ccc(C3=NNCC=C3C)cc2)/C(=C/C=NC)C(C)O1. The molecule has 0 aliphatic carbocycles. The molecule has 2 heterocycles. The number of hydrazone groups is 1. The molecule has 158 valence electrons. The zero-order chi connectivity index (χ0) is 21.7. The van der Waals surface area contributed by atoms with Crippen LogP contribution in [-0.2, 0) is 4.74 Å². The lowest BCUT2D eigenvalue weighted by molar-refractivity contribution is 0.186. The molecule has 0 bridgehead atoms. The van der Waals surface area contributed by atoms with Crippen LogP contribution in [0.15, 0.2) is 81.4 Å². The highest BCUT2D eigenvalue weighted by Gasteiger charge is 2.30. The molecule has 3 N–H and O–H groups in total. The van der Waals surface area contributed by atoms with Gasteiger partial charge in [-0.15, -0.1) is 0 Å². The molecule has 3 rings (SSSR count). The maximum atomic E-state index is 6.14. The van der Waals surface area contributed by atoms with Gasteiger partial charge >= 0.3 is 0 Å². The number of nitrogens with one attached hydrogen (secondary N) is 3. The summed E-state index contributed by atoms with van der Waals surface area (Å²) in [7, 11) is 1.76. The number of anilines is 1. The number of rotatable bonds is 7. The molecule has 0 spiro atoms. The molecule has 2 aliphatic rings. The van der Waals surface area contributed by atoms with Crippen LogP contribution in [0.25, 0.3) is 0 Å². The van der Waals surface area contributed by atoms with E-state index in [9.17, 15) is 0 Å². The Labute approximate surface area is 179 Å². The van der Waals surface area contributed by atoms with E-state index in [0.29, 0.717) is 0 Å². The lowest BCUT2D eigenvalue weighted by atomic mass is 10.0. The molecule has 0 aromatic heterocycles. The molecule has 0 amide bonds. The summed E-state index contributed by atoms with van der Waals surface area (Å²) in [5.41, 5.74) is 9.92. The fourth-order valence-corrected chi connectivity index (χ4v) is 3.43. The lowest BCUT2D eigenvalue weighted by Crippen LogP contribution is -2.23. The molecule has 2 aliphatic heterocycles.